The number of carbonyl (C=O) groups excluding carboxylic acids is 1. The molecule has 0 aromatic rings. The van der Waals surface area contributed by atoms with Crippen LogP contribution in [0.15, 0.2) is 0 Å². The van der Waals surface area contributed by atoms with Gasteiger partial charge in [-0.05, 0) is 66.1 Å². The molecule has 1 unspecified atom stereocenters. The number of hydrogen-bond acceptors (Lipinski definition) is 3. The van der Waals surface area contributed by atoms with Crippen molar-refractivity contribution < 1.29 is 4.79 Å². The molecule has 0 spiro atoms. The van der Waals surface area contributed by atoms with Crippen LogP contribution >= 0.6 is 0 Å². The Kier molecular flexibility index (Phi) is 5.22. The van der Waals surface area contributed by atoms with Gasteiger partial charge in [0.25, 0.3) is 0 Å². The maximum Gasteiger partial charge on any atom is 0.237 e. The highest BCUT2D eigenvalue weighted by Gasteiger charge is 2.32. The lowest BCUT2D eigenvalue weighted by atomic mass is 10.1. The van der Waals surface area contributed by atoms with Crippen molar-refractivity contribution >= 4 is 5.91 Å². The molecule has 2 aliphatic heterocycles. The van der Waals surface area contributed by atoms with E-state index in [0.717, 1.165) is 32.4 Å². The SMILES string of the molecule is CC(C)N1CCC[C@@H]1C(=O)NCCC1CCCN1C. The minimum Gasteiger partial charge on any atom is -0.355 e. The summed E-state index contributed by atoms with van der Waals surface area (Å²) in [6, 6.07) is 1.26. The first-order valence-electron chi connectivity index (χ1n) is 7.83. The second-order valence-electron chi connectivity index (χ2n) is 6.35. The predicted octanol–water partition coefficient (Wildman–Crippen LogP) is 1.46. The molecule has 1 amide bonds. The summed E-state index contributed by atoms with van der Waals surface area (Å²) in [4.78, 5) is 17.0. The van der Waals surface area contributed by atoms with Crippen molar-refractivity contribution in [3.05, 3.63) is 0 Å². The van der Waals surface area contributed by atoms with E-state index in [0.29, 0.717) is 12.1 Å². The maximum atomic E-state index is 12.2. The van der Waals surface area contributed by atoms with Crippen LogP contribution in [0.4, 0.5) is 0 Å². The standard InChI is InChI=1S/C15H29N3O/c1-12(2)18-11-5-7-14(18)15(19)16-9-8-13-6-4-10-17(13)3/h12-14H,4-11H2,1-3H3,(H,16,19)/t13?,14-/m1/s1. The van der Waals surface area contributed by atoms with Gasteiger partial charge in [-0.3, -0.25) is 9.69 Å². The lowest BCUT2D eigenvalue weighted by Gasteiger charge is -2.27. The average molecular weight is 267 g/mol. The van der Waals surface area contributed by atoms with Crippen molar-refractivity contribution in [3.8, 4) is 0 Å². The zero-order chi connectivity index (χ0) is 13.8. The Hall–Kier alpha value is -0.610. The van der Waals surface area contributed by atoms with Gasteiger partial charge in [0.1, 0.15) is 0 Å². The molecule has 1 N–H and O–H groups in total. The molecule has 2 atom stereocenters. The average Bonchev–Trinajstić information content (AvgIpc) is 2.98. The quantitative estimate of drug-likeness (QED) is 0.819. The fourth-order valence-electron chi connectivity index (χ4n) is 3.51. The van der Waals surface area contributed by atoms with Gasteiger partial charge in [-0.25, -0.2) is 0 Å². The number of nitrogens with zero attached hydrogens (tertiary/aromatic N) is 2. The monoisotopic (exact) mass is 267 g/mol. The van der Waals surface area contributed by atoms with Crippen molar-refractivity contribution in [2.45, 2.75) is 64.1 Å². The molecule has 2 aliphatic rings. The van der Waals surface area contributed by atoms with E-state index in [4.69, 9.17) is 0 Å². The van der Waals surface area contributed by atoms with Crippen molar-refractivity contribution in [1.29, 1.82) is 0 Å². The van der Waals surface area contributed by atoms with E-state index < -0.39 is 0 Å². The first-order valence-corrected chi connectivity index (χ1v) is 7.83. The summed E-state index contributed by atoms with van der Waals surface area (Å²) in [5.74, 6) is 0.242. The fourth-order valence-corrected chi connectivity index (χ4v) is 3.51. The van der Waals surface area contributed by atoms with Gasteiger partial charge >= 0.3 is 0 Å². The summed E-state index contributed by atoms with van der Waals surface area (Å²) in [6.07, 6.45) is 5.86. The van der Waals surface area contributed by atoms with Crippen LogP contribution in [-0.4, -0.2) is 60.5 Å². The smallest absolute Gasteiger partial charge is 0.237 e. The lowest BCUT2D eigenvalue weighted by Crippen LogP contribution is -2.46. The van der Waals surface area contributed by atoms with Gasteiger partial charge in [0, 0.05) is 18.6 Å². The molecule has 4 heteroatoms. The first-order chi connectivity index (χ1) is 9.09. The van der Waals surface area contributed by atoms with E-state index in [1.807, 2.05) is 0 Å². The number of amides is 1. The van der Waals surface area contributed by atoms with Gasteiger partial charge in [0.15, 0.2) is 0 Å². The lowest BCUT2D eigenvalue weighted by molar-refractivity contribution is -0.126. The van der Waals surface area contributed by atoms with E-state index in [2.05, 4.69) is 36.0 Å². The Bertz CT molecular complexity index is 306. The molecule has 0 aromatic heterocycles. The number of nitrogens with one attached hydrogen (secondary N) is 1. The molecule has 0 saturated carbocycles. The summed E-state index contributed by atoms with van der Waals surface area (Å²) in [6.45, 7) is 7.47. The fraction of sp³-hybridized carbons (Fsp3) is 0.933. The number of carbonyl (C=O) groups is 1. The summed E-state index contributed by atoms with van der Waals surface area (Å²) in [5, 5.41) is 3.15. The van der Waals surface area contributed by atoms with Crippen molar-refractivity contribution in [2.75, 3.05) is 26.7 Å². The van der Waals surface area contributed by atoms with E-state index in [-0.39, 0.29) is 11.9 Å². The van der Waals surface area contributed by atoms with Crippen LogP contribution in [0.3, 0.4) is 0 Å². The highest BCUT2D eigenvalue weighted by atomic mass is 16.2. The summed E-state index contributed by atoms with van der Waals surface area (Å²) < 4.78 is 0. The molecule has 110 valence electrons. The Morgan fingerprint density at radius 3 is 2.63 bits per heavy atom. The molecular weight excluding hydrogens is 238 g/mol. The van der Waals surface area contributed by atoms with Gasteiger partial charge in [-0.1, -0.05) is 0 Å². The minimum absolute atomic E-state index is 0.112. The second-order valence-corrected chi connectivity index (χ2v) is 6.35. The molecule has 2 fully saturated rings. The van der Waals surface area contributed by atoms with Crippen LogP contribution < -0.4 is 5.32 Å². The zero-order valence-electron chi connectivity index (χ0n) is 12.7. The summed E-state index contributed by atoms with van der Waals surface area (Å²) >= 11 is 0. The Labute approximate surface area is 117 Å². The largest absolute Gasteiger partial charge is 0.355 e. The van der Waals surface area contributed by atoms with Gasteiger partial charge in [0.05, 0.1) is 6.04 Å². The Morgan fingerprint density at radius 2 is 2.00 bits per heavy atom. The highest BCUT2D eigenvalue weighted by molar-refractivity contribution is 5.82. The molecule has 4 nitrogen and oxygen atoms in total. The van der Waals surface area contributed by atoms with Crippen LogP contribution in [0.1, 0.15) is 46.0 Å². The molecule has 0 bridgehead atoms. The zero-order valence-corrected chi connectivity index (χ0v) is 12.7. The molecular formula is C15H29N3O. The van der Waals surface area contributed by atoms with Gasteiger partial charge in [-0.15, -0.1) is 0 Å². The molecule has 0 radical (unpaired) electrons. The third-order valence-electron chi connectivity index (χ3n) is 4.71. The van der Waals surface area contributed by atoms with Crippen LogP contribution in [0.2, 0.25) is 0 Å². The first kappa shape index (κ1) is 14.8. The molecule has 2 heterocycles. The number of rotatable bonds is 5. The second kappa shape index (κ2) is 6.71. The van der Waals surface area contributed by atoms with Gasteiger partial charge in [0.2, 0.25) is 5.91 Å². The van der Waals surface area contributed by atoms with E-state index >= 15 is 0 Å². The predicted molar refractivity (Wildman–Crippen MR) is 78.1 cm³/mol. The van der Waals surface area contributed by atoms with Crippen LogP contribution in [-0.2, 0) is 4.79 Å². The van der Waals surface area contributed by atoms with Gasteiger partial charge in [-0.2, -0.15) is 0 Å². The van der Waals surface area contributed by atoms with E-state index in [1.165, 1.54) is 19.4 Å². The summed E-state index contributed by atoms with van der Waals surface area (Å²) in [5.41, 5.74) is 0. The Balaban J connectivity index is 1.72. The maximum absolute atomic E-state index is 12.2. The molecule has 19 heavy (non-hydrogen) atoms. The van der Waals surface area contributed by atoms with Crippen molar-refractivity contribution in [2.24, 2.45) is 0 Å². The van der Waals surface area contributed by atoms with Crippen molar-refractivity contribution in [1.82, 2.24) is 15.1 Å². The van der Waals surface area contributed by atoms with E-state index in [1.54, 1.807) is 0 Å². The normalized spacial score (nSPS) is 29.3. The topological polar surface area (TPSA) is 35.6 Å². The van der Waals surface area contributed by atoms with Crippen molar-refractivity contribution in [3.63, 3.8) is 0 Å². The third kappa shape index (κ3) is 3.69. The van der Waals surface area contributed by atoms with Gasteiger partial charge < -0.3 is 10.2 Å². The molecule has 2 rings (SSSR count). The van der Waals surface area contributed by atoms with Crippen LogP contribution in [0.25, 0.3) is 0 Å². The third-order valence-corrected chi connectivity index (χ3v) is 4.71. The van der Waals surface area contributed by atoms with E-state index in [9.17, 15) is 4.79 Å². The number of likely N-dealkylation sites (tertiary alicyclic amines) is 2. The minimum atomic E-state index is 0.112. The van der Waals surface area contributed by atoms with Crippen LogP contribution in [0.5, 0.6) is 0 Å². The summed E-state index contributed by atoms with van der Waals surface area (Å²) in [7, 11) is 2.19. The molecule has 0 aliphatic carbocycles. The highest BCUT2D eigenvalue weighted by Crippen LogP contribution is 2.20. The molecule has 0 aromatic carbocycles. The molecule has 2 saturated heterocycles. The number of hydrogen-bond donors (Lipinski definition) is 1. The van der Waals surface area contributed by atoms with Crippen LogP contribution in [0, 0.1) is 0 Å². The Morgan fingerprint density at radius 1 is 1.26 bits per heavy atom.